The van der Waals surface area contributed by atoms with Crippen LogP contribution in [0.5, 0.6) is 0 Å². The molecule has 11 nitrogen and oxygen atoms in total. The highest BCUT2D eigenvalue weighted by atomic mass is 19.4. The molecule has 2 aliphatic rings. The monoisotopic (exact) mass is 526 g/mol. The number of fused-ring (bicyclic) bond motifs is 1. The average Bonchev–Trinajstić information content (AvgIpc) is 3.22. The smallest absolute Gasteiger partial charge is 0.327 e. The normalized spacial score (nSPS) is 17.2. The molecule has 38 heavy (non-hydrogen) atoms. The van der Waals surface area contributed by atoms with Crippen molar-refractivity contribution in [2.75, 3.05) is 42.7 Å². The highest BCUT2D eigenvalue weighted by Gasteiger charge is 2.50. The molecule has 0 saturated carbocycles. The van der Waals surface area contributed by atoms with Crippen LogP contribution in [0.4, 0.5) is 24.7 Å². The average molecular weight is 526 g/mol. The van der Waals surface area contributed by atoms with Crippen molar-refractivity contribution in [1.82, 2.24) is 19.8 Å². The van der Waals surface area contributed by atoms with E-state index in [2.05, 4.69) is 22.1 Å². The molecule has 0 radical (unpaired) electrons. The Morgan fingerprint density at radius 1 is 1.18 bits per heavy atom. The minimum Gasteiger partial charge on any atom is -0.327 e. The Morgan fingerprint density at radius 3 is 2.45 bits per heavy atom. The first-order valence-corrected chi connectivity index (χ1v) is 11.4. The van der Waals surface area contributed by atoms with Gasteiger partial charge >= 0.3 is 12.1 Å². The van der Waals surface area contributed by atoms with E-state index in [0.29, 0.717) is 42.4 Å². The Kier molecular flexibility index (Phi) is 7.53. The van der Waals surface area contributed by atoms with Crippen LogP contribution in [0.15, 0.2) is 29.1 Å². The predicted molar refractivity (Wildman–Crippen MR) is 127 cm³/mol. The summed E-state index contributed by atoms with van der Waals surface area (Å²) < 4.78 is 40.7. The molecule has 1 saturated heterocycles. The third kappa shape index (κ3) is 5.11. The fraction of sp³-hybridized carbons (Fsp3) is 0.375. The first-order chi connectivity index (χ1) is 18.2. The molecule has 1 aromatic carbocycles. The number of piperazine rings is 1. The lowest BCUT2D eigenvalue weighted by Gasteiger charge is -2.40. The van der Waals surface area contributed by atoms with Crippen LogP contribution in [0.3, 0.4) is 0 Å². The lowest BCUT2D eigenvalue weighted by atomic mass is 10.1. The minimum atomic E-state index is -5.31. The van der Waals surface area contributed by atoms with Gasteiger partial charge in [-0.25, -0.2) is 4.79 Å². The van der Waals surface area contributed by atoms with Crippen molar-refractivity contribution in [3.8, 4) is 24.0 Å². The molecule has 0 aliphatic carbocycles. The van der Waals surface area contributed by atoms with Gasteiger partial charge in [-0.1, -0.05) is 18.1 Å². The van der Waals surface area contributed by atoms with Gasteiger partial charge in [-0.15, -0.1) is 11.0 Å². The van der Waals surface area contributed by atoms with E-state index in [9.17, 15) is 28.0 Å². The van der Waals surface area contributed by atoms with Crippen LogP contribution in [0.1, 0.15) is 23.9 Å². The molecule has 2 aromatic rings. The molecule has 0 amide bonds. The highest BCUT2D eigenvalue weighted by Crippen LogP contribution is 2.38. The van der Waals surface area contributed by atoms with E-state index in [0.717, 1.165) is 4.57 Å². The number of nitrogens with one attached hydrogen (secondary N) is 1. The number of aromatic nitrogens is 2. The van der Waals surface area contributed by atoms with Gasteiger partial charge in [-0.3, -0.25) is 14.3 Å². The van der Waals surface area contributed by atoms with Gasteiger partial charge in [0.2, 0.25) is 5.82 Å². The lowest BCUT2D eigenvalue weighted by molar-refractivity contribution is -0.203. The number of nitriles is 2. The summed E-state index contributed by atoms with van der Waals surface area (Å²) in [7, 11) is 0. The largest absolute Gasteiger partial charge is 0.493 e. The number of benzene rings is 1. The molecule has 0 bridgehead atoms. The summed E-state index contributed by atoms with van der Waals surface area (Å²) in [6, 6.07) is 10.1. The van der Waals surface area contributed by atoms with E-state index in [4.69, 9.17) is 10.1 Å². The van der Waals surface area contributed by atoms with Crippen LogP contribution in [-0.4, -0.2) is 65.6 Å². The summed E-state index contributed by atoms with van der Waals surface area (Å²) in [5.41, 5.74) is 0.110. The van der Waals surface area contributed by atoms with Gasteiger partial charge in [-0.05, 0) is 24.6 Å². The first kappa shape index (κ1) is 26.5. The molecule has 1 fully saturated rings. The van der Waals surface area contributed by atoms with Crippen molar-refractivity contribution in [3.05, 3.63) is 51.6 Å². The maximum Gasteiger partial charge on any atom is 0.493 e. The number of carbonyl (C=O) groups excluding carboxylic acids is 1. The Morgan fingerprint density at radius 2 is 1.87 bits per heavy atom. The first-order valence-electron chi connectivity index (χ1n) is 11.4. The van der Waals surface area contributed by atoms with Gasteiger partial charge in [0, 0.05) is 26.2 Å². The molecule has 1 aromatic heterocycles. The van der Waals surface area contributed by atoms with Gasteiger partial charge in [0.05, 0.1) is 24.7 Å². The summed E-state index contributed by atoms with van der Waals surface area (Å²) in [5, 5.41) is 22.6. The van der Waals surface area contributed by atoms with Crippen LogP contribution >= 0.6 is 0 Å². The third-order valence-electron chi connectivity index (χ3n) is 5.95. The SMILES string of the molecule is CC#CCN1c2c(nc(C#N)n(Cc3ccc(C#N)cc3)c2=O)N(OC(=O)C(F)(F)F)C1N1CCNCC1. The molecule has 2 aliphatic heterocycles. The van der Waals surface area contributed by atoms with E-state index in [-0.39, 0.29) is 24.6 Å². The minimum absolute atomic E-state index is 0.0855. The second-order valence-corrected chi connectivity index (χ2v) is 8.31. The number of halogens is 3. The number of hydrogen-bond donors (Lipinski definition) is 1. The molecule has 1 N–H and O–H groups in total. The van der Waals surface area contributed by atoms with Crippen LogP contribution < -0.4 is 20.8 Å². The van der Waals surface area contributed by atoms with E-state index in [1.54, 1.807) is 42.2 Å². The highest BCUT2D eigenvalue weighted by molar-refractivity contribution is 5.80. The maximum absolute atomic E-state index is 13.8. The van der Waals surface area contributed by atoms with E-state index < -0.39 is 29.8 Å². The van der Waals surface area contributed by atoms with Crippen molar-refractivity contribution >= 4 is 17.5 Å². The van der Waals surface area contributed by atoms with E-state index in [1.165, 1.54) is 4.90 Å². The van der Waals surface area contributed by atoms with Crippen molar-refractivity contribution in [2.24, 2.45) is 0 Å². The van der Waals surface area contributed by atoms with Crippen molar-refractivity contribution < 1.29 is 22.8 Å². The number of alkyl halides is 3. The third-order valence-corrected chi connectivity index (χ3v) is 5.95. The summed E-state index contributed by atoms with van der Waals surface area (Å²) in [5.74, 6) is 2.24. The number of hydrogen-bond acceptors (Lipinski definition) is 10. The van der Waals surface area contributed by atoms with E-state index >= 15 is 0 Å². The Balaban J connectivity index is 1.87. The summed E-state index contributed by atoms with van der Waals surface area (Å²) >= 11 is 0. The predicted octanol–water partition coefficient (Wildman–Crippen LogP) is 0.894. The summed E-state index contributed by atoms with van der Waals surface area (Å²) in [6.45, 7) is 3.11. The molecule has 4 rings (SSSR count). The molecule has 0 spiro atoms. The Labute approximate surface area is 215 Å². The second-order valence-electron chi connectivity index (χ2n) is 8.31. The molecule has 196 valence electrons. The van der Waals surface area contributed by atoms with Crippen LogP contribution in [0.25, 0.3) is 0 Å². The van der Waals surface area contributed by atoms with Crippen LogP contribution in [-0.2, 0) is 16.2 Å². The Bertz CT molecular complexity index is 1420. The van der Waals surface area contributed by atoms with Crippen molar-refractivity contribution in [2.45, 2.75) is 25.9 Å². The van der Waals surface area contributed by atoms with Gasteiger partial charge in [0.15, 0.2) is 17.8 Å². The molecule has 1 atom stereocenters. The van der Waals surface area contributed by atoms with Gasteiger partial charge in [-0.2, -0.15) is 28.7 Å². The number of rotatable bonds is 5. The topological polar surface area (TPSA) is 131 Å². The van der Waals surface area contributed by atoms with Gasteiger partial charge in [0.1, 0.15) is 6.07 Å². The van der Waals surface area contributed by atoms with Gasteiger partial charge in [0.25, 0.3) is 5.56 Å². The molecule has 1 unspecified atom stereocenters. The second kappa shape index (κ2) is 10.8. The summed E-state index contributed by atoms with van der Waals surface area (Å²) in [4.78, 5) is 37.8. The number of nitrogens with zero attached hydrogens (tertiary/aromatic N) is 7. The Hall–Kier alpha value is -4.58. The molecule has 3 heterocycles. The fourth-order valence-electron chi connectivity index (χ4n) is 4.20. The number of carbonyl (C=O) groups is 1. The zero-order chi connectivity index (χ0) is 27.4. The molecular formula is C24H21F3N8O3. The van der Waals surface area contributed by atoms with Crippen LogP contribution in [0.2, 0.25) is 0 Å². The zero-order valence-corrected chi connectivity index (χ0v) is 20.1. The van der Waals surface area contributed by atoms with Crippen molar-refractivity contribution in [1.29, 1.82) is 10.5 Å². The number of hydroxylamine groups is 1. The van der Waals surface area contributed by atoms with E-state index in [1.807, 2.05) is 6.07 Å². The number of anilines is 2. The fourth-order valence-corrected chi connectivity index (χ4v) is 4.20. The maximum atomic E-state index is 13.8. The summed E-state index contributed by atoms with van der Waals surface area (Å²) in [6.07, 6.45) is -6.47. The lowest BCUT2D eigenvalue weighted by Crippen LogP contribution is -2.61. The zero-order valence-electron chi connectivity index (χ0n) is 20.1. The molecular weight excluding hydrogens is 505 g/mol. The quantitative estimate of drug-likeness (QED) is 0.561. The molecule has 14 heteroatoms. The van der Waals surface area contributed by atoms with Crippen molar-refractivity contribution in [3.63, 3.8) is 0 Å². The van der Waals surface area contributed by atoms with Crippen LogP contribution in [0, 0.1) is 34.5 Å². The standard InChI is InChI=1S/C24H21F3N8O3/c1-2-3-10-33-19-20(35(38-22(37)24(25,26)27)23(33)32-11-8-30-9-12-32)31-18(14-29)34(21(19)36)15-17-6-4-16(13-28)5-7-17/h4-7,23,30H,8-12,15H2,1H3. The van der Waals surface area contributed by atoms with Gasteiger partial charge < -0.3 is 15.1 Å².